The third kappa shape index (κ3) is 4.10. The van der Waals surface area contributed by atoms with Crippen LogP contribution in [-0.4, -0.2) is 59.4 Å². The molecule has 4 heterocycles. The van der Waals surface area contributed by atoms with Crippen LogP contribution in [0.2, 0.25) is 0 Å². The fourth-order valence-electron chi connectivity index (χ4n) is 4.02. The third-order valence-electron chi connectivity index (χ3n) is 5.89. The number of aryl methyl sites for hydroxylation is 2. The van der Waals surface area contributed by atoms with Crippen molar-refractivity contribution in [2.45, 2.75) is 52.6 Å². The molecule has 0 spiro atoms. The van der Waals surface area contributed by atoms with E-state index in [0.29, 0.717) is 54.7 Å². The van der Waals surface area contributed by atoms with Gasteiger partial charge in [-0.25, -0.2) is 24.9 Å². The van der Waals surface area contributed by atoms with Crippen LogP contribution in [0.5, 0.6) is 0 Å². The number of fused-ring (bicyclic) bond motifs is 1. The van der Waals surface area contributed by atoms with Gasteiger partial charge in [-0.1, -0.05) is 6.92 Å². The smallest absolute Gasteiger partial charge is 0.245 e. The Morgan fingerprint density at radius 2 is 1.94 bits per heavy atom. The number of anilines is 1. The Morgan fingerprint density at radius 1 is 1.22 bits per heavy atom. The average Bonchev–Trinajstić information content (AvgIpc) is 3.22. The number of carbonyl (C=O) groups excluding carboxylic acids is 1. The minimum absolute atomic E-state index is 0.0257. The zero-order valence-corrected chi connectivity index (χ0v) is 18.6. The molecule has 1 unspecified atom stereocenters. The SMILES string of the molecule is CCC(Nc1ncnc2c1nc(-c1cnc(C)nc1)n2CC)C(=O)N1CCC(C#N)CC1. The Kier molecular flexibility index (Phi) is 6.25. The van der Waals surface area contributed by atoms with Crippen LogP contribution in [0, 0.1) is 24.2 Å². The normalized spacial score (nSPS) is 15.5. The average molecular weight is 434 g/mol. The van der Waals surface area contributed by atoms with E-state index in [4.69, 9.17) is 10.2 Å². The zero-order valence-electron chi connectivity index (χ0n) is 18.6. The Hall–Kier alpha value is -3.61. The monoisotopic (exact) mass is 433 g/mol. The number of nitrogens with one attached hydrogen (secondary N) is 1. The second-order valence-corrected chi connectivity index (χ2v) is 7.93. The van der Waals surface area contributed by atoms with Crippen LogP contribution in [0.4, 0.5) is 5.82 Å². The second kappa shape index (κ2) is 9.26. The van der Waals surface area contributed by atoms with E-state index in [1.54, 1.807) is 12.4 Å². The number of piperidine rings is 1. The predicted molar refractivity (Wildman–Crippen MR) is 119 cm³/mol. The van der Waals surface area contributed by atoms with Gasteiger partial charge in [0.2, 0.25) is 5.91 Å². The minimum Gasteiger partial charge on any atom is -0.356 e. The summed E-state index contributed by atoms with van der Waals surface area (Å²) in [5.41, 5.74) is 2.10. The van der Waals surface area contributed by atoms with Crippen LogP contribution in [0.15, 0.2) is 18.7 Å². The summed E-state index contributed by atoms with van der Waals surface area (Å²) in [5, 5.41) is 12.4. The molecule has 1 saturated heterocycles. The standard InChI is InChI=1S/C22H27N9O/c1-4-17(22(32)30-8-6-15(10-23)7-9-30)28-19-18-21(27-13-26-19)31(5-2)20(29-18)16-11-24-14(3)25-12-16/h11-13,15,17H,4-9H2,1-3H3,(H,26,27,28). The van der Waals surface area contributed by atoms with Gasteiger partial charge in [-0.2, -0.15) is 5.26 Å². The maximum absolute atomic E-state index is 13.1. The molecule has 32 heavy (non-hydrogen) atoms. The number of imidazole rings is 1. The number of nitrogens with zero attached hydrogens (tertiary/aromatic N) is 8. The van der Waals surface area contributed by atoms with Crippen LogP contribution in [-0.2, 0) is 11.3 Å². The summed E-state index contributed by atoms with van der Waals surface area (Å²) in [6.07, 6.45) is 7.04. The van der Waals surface area contributed by atoms with Gasteiger partial charge in [0.25, 0.3) is 0 Å². The molecule has 1 N–H and O–H groups in total. The first kappa shape index (κ1) is 21.6. The zero-order chi connectivity index (χ0) is 22.7. The summed E-state index contributed by atoms with van der Waals surface area (Å²) in [4.78, 5) is 37.2. The lowest BCUT2D eigenvalue weighted by Crippen LogP contribution is -2.46. The number of nitriles is 1. The van der Waals surface area contributed by atoms with Gasteiger partial charge >= 0.3 is 0 Å². The molecule has 4 rings (SSSR count). The minimum atomic E-state index is -0.426. The molecule has 10 heteroatoms. The molecule has 0 bridgehead atoms. The molecule has 1 aliphatic heterocycles. The molecule has 1 atom stereocenters. The highest BCUT2D eigenvalue weighted by molar-refractivity contribution is 5.90. The van der Waals surface area contributed by atoms with Gasteiger partial charge in [-0.05, 0) is 33.1 Å². The lowest BCUT2D eigenvalue weighted by atomic mass is 9.98. The van der Waals surface area contributed by atoms with Gasteiger partial charge in [0, 0.05) is 37.9 Å². The van der Waals surface area contributed by atoms with Gasteiger partial charge in [0.1, 0.15) is 24.0 Å². The lowest BCUT2D eigenvalue weighted by Gasteiger charge is -2.32. The summed E-state index contributed by atoms with van der Waals surface area (Å²) >= 11 is 0. The Balaban J connectivity index is 1.63. The van der Waals surface area contributed by atoms with Gasteiger partial charge < -0.3 is 14.8 Å². The molecular formula is C22H27N9O. The summed E-state index contributed by atoms with van der Waals surface area (Å²) in [6.45, 7) is 7.71. The van der Waals surface area contributed by atoms with E-state index in [2.05, 4.69) is 31.3 Å². The molecule has 0 aliphatic carbocycles. The van der Waals surface area contributed by atoms with Crippen LogP contribution in [0.1, 0.15) is 38.9 Å². The lowest BCUT2D eigenvalue weighted by molar-refractivity contribution is -0.133. The number of carbonyl (C=O) groups is 1. The Morgan fingerprint density at radius 3 is 2.56 bits per heavy atom. The maximum atomic E-state index is 13.1. The van der Waals surface area contributed by atoms with Crippen LogP contribution in [0.25, 0.3) is 22.6 Å². The topological polar surface area (TPSA) is 126 Å². The summed E-state index contributed by atoms with van der Waals surface area (Å²) in [5.74, 6) is 2.00. The van der Waals surface area contributed by atoms with Crippen molar-refractivity contribution >= 4 is 22.9 Å². The van der Waals surface area contributed by atoms with Gasteiger partial charge in [0.15, 0.2) is 17.0 Å². The summed E-state index contributed by atoms with van der Waals surface area (Å²) < 4.78 is 1.99. The van der Waals surface area contributed by atoms with Crippen molar-refractivity contribution in [2.75, 3.05) is 18.4 Å². The first-order valence-electron chi connectivity index (χ1n) is 11.0. The quantitative estimate of drug-likeness (QED) is 0.629. The first-order valence-corrected chi connectivity index (χ1v) is 11.0. The van der Waals surface area contributed by atoms with Gasteiger partial charge in [-0.15, -0.1) is 0 Å². The van der Waals surface area contributed by atoms with Crippen LogP contribution >= 0.6 is 0 Å². The Labute approximate surface area is 186 Å². The predicted octanol–water partition coefficient (Wildman–Crippen LogP) is 2.56. The largest absolute Gasteiger partial charge is 0.356 e. The van der Waals surface area contributed by atoms with Crippen molar-refractivity contribution in [2.24, 2.45) is 5.92 Å². The molecule has 166 valence electrons. The molecule has 1 fully saturated rings. The maximum Gasteiger partial charge on any atom is 0.245 e. The van der Waals surface area contributed by atoms with E-state index in [0.717, 1.165) is 18.4 Å². The molecule has 1 amide bonds. The number of likely N-dealkylation sites (tertiary alicyclic amines) is 1. The molecule has 0 aromatic carbocycles. The fourth-order valence-corrected chi connectivity index (χ4v) is 4.02. The third-order valence-corrected chi connectivity index (χ3v) is 5.89. The number of aromatic nitrogens is 6. The van der Waals surface area contributed by atoms with Crippen molar-refractivity contribution in [3.05, 3.63) is 24.5 Å². The molecule has 10 nitrogen and oxygen atoms in total. The van der Waals surface area contributed by atoms with E-state index in [1.807, 2.05) is 30.2 Å². The second-order valence-electron chi connectivity index (χ2n) is 7.93. The van der Waals surface area contributed by atoms with E-state index in [1.165, 1.54) is 6.33 Å². The molecule has 0 saturated carbocycles. The van der Waals surface area contributed by atoms with Crippen molar-refractivity contribution in [3.8, 4) is 17.5 Å². The highest BCUT2D eigenvalue weighted by Crippen LogP contribution is 2.27. The molecule has 0 radical (unpaired) electrons. The number of amides is 1. The number of hydrogen-bond donors (Lipinski definition) is 1. The van der Waals surface area contributed by atoms with Crippen LogP contribution in [0.3, 0.4) is 0 Å². The van der Waals surface area contributed by atoms with E-state index >= 15 is 0 Å². The van der Waals surface area contributed by atoms with E-state index in [9.17, 15) is 4.79 Å². The van der Waals surface area contributed by atoms with Crippen molar-refractivity contribution in [1.29, 1.82) is 5.26 Å². The molecule has 3 aromatic rings. The molecular weight excluding hydrogens is 406 g/mol. The van der Waals surface area contributed by atoms with Crippen molar-refractivity contribution < 1.29 is 4.79 Å². The van der Waals surface area contributed by atoms with Gasteiger partial charge in [0.05, 0.1) is 11.6 Å². The highest BCUT2D eigenvalue weighted by atomic mass is 16.2. The fraction of sp³-hybridized carbons (Fsp3) is 0.500. The van der Waals surface area contributed by atoms with E-state index < -0.39 is 6.04 Å². The van der Waals surface area contributed by atoms with Crippen molar-refractivity contribution in [3.63, 3.8) is 0 Å². The molecule has 1 aliphatic rings. The summed E-state index contributed by atoms with van der Waals surface area (Å²) in [7, 11) is 0. The number of rotatable bonds is 6. The van der Waals surface area contributed by atoms with Crippen LogP contribution < -0.4 is 5.32 Å². The van der Waals surface area contributed by atoms with Gasteiger partial charge in [-0.3, -0.25) is 4.79 Å². The molecule has 3 aromatic heterocycles. The Bertz CT molecular complexity index is 1140. The summed E-state index contributed by atoms with van der Waals surface area (Å²) in [6, 6.07) is 1.88. The number of hydrogen-bond acceptors (Lipinski definition) is 8. The van der Waals surface area contributed by atoms with E-state index in [-0.39, 0.29) is 11.8 Å². The van der Waals surface area contributed by atoms with Crippen molar-refractivity contribution in [1.82, 2.24) is 34.4 Å². The highest BCUT2D eigenvalue weighted by Gasteiger charge is 2.28. The first-order chi connectivity index (χ1) is 15.5.